The maximum Gasteiger partial charge on any atom is 0.263 e. The molecule has 0 saturated carbocycles. The first-order chi connectivity index (χ1) is 5.16. The highest BCUT2D eigenvalue weighted by Gasteiger charge is 2.13. The summed E-state index contributed by atoms with van der Waals surface area (Å²) in [6.45, 7) is 0. The number of hydrogen-bond donors (Lipinski definition) is 0. The van der Waals surface area contributed by atoms with Crippen molar-refractivity contribution >= 4 is 51.4 Å². The van der Waals surface area contributed by atoms with Crippen molar-refractivity contribution in [1.82, 2.24) is 0 Å². The predicted octanol–water partition coefficient (Wildman–Crippen LogP) is 3.52. The number of thiophene rings is 1. The third-order valence-corrected chi connectivity index (χ3v) is 3.28. The standard InChI is InChI=1S/C6H3Cl3OS/c7-1-3-2-11-5(4(3)8)6(9)10/h2H,1H2. The van der Waals surface area contributed by atoms with Crippen LogP contribution in [0.25, 0.3) is 0 Å². The minimum Gasteiger partial charge on any atom is -0.275 e. The fourth-order valence-corrected chi connectivity index (χ4v) is 2.44. The van der Waals surface area contributed by atoms with Gasteiger partial charge in [-0.2, -0.15) is 0 Å². The summed E-state index contributed by atoms with van der Waals surface area (Å²) < 4.78 is 0. The molecule has 0 fully saturated rings. The zero-order chi connectivity index (χ0) is 8.43. The molecule has 1 aromatic heterocycles. The summed E-state index contributed by atoms with van der Waals surface area (Å²) in [5, 5.41) is 1.58. The summed E-state index contributed by atoms with van der Waals surface area (Å²) in [5.74, 6) is 0.305. The first-order valence-corrected chi connectivity index (χ1v) is 4.85. The molecule has 1 aromatic rings. The monoisotopic (exact) mass is 228 g/mol. The van der Waals surface area contributed by atoms with E-state index in [1.807, 2.05) is 0 Å². The molecule has 0 aliphatic heterocycles. The summed E-state index contributed by atoms with van der Waals surface area (Å²) in [6.07, 6.45) is 0. The third-order valence-electron chi connectivity index (χ3n) is 1.12. The van der Waals surface area contributed by atoms with Gasteiger partial charge in [0.05, 0.1) is 5.02 Å². The maximum absolute atomic E-state index is 10.6. The number of halogens is 3. The van der Waals surface area contributed by atoms with Crippen LogP contribution in [0.4, 0.5) is 0 Å². The molecule has 0 amide bonds. The lowest BCUT2D eigenvalue weighted by Crippen LogP contribution is -1.83. The number of alkyl halides is 1. The average molecular weight is 230 g/mol. The Balaban J connectivity index is 3.10. The van der Waals surface area contributed by atoms with E-state index < -0.39 is 5.24 Å². The summed E-state index contributed by atoms with van der Waals surface area (Å²) >= 11 is 17.7. The molecular formula is C6H3Cl3OS. The second kappa shape index (κ2) is 3.76. The topological polar surface area (TPSA) is 17.1 Å². The van der Waals surface area contributed by atoms with Crippen molar-refractivity contribution in [2.24, 2.45) is 0 Å². The molecule has 0 spiro atoms. The number of rotatable bonds is 2. The zero-order valence-corrected chi connectivity index (χ0v) is 8.32. The van der Waals surface area contributed by atoms with E-state index in [1.165, 1.54) is 11.3 Å². The lowest BCUT2D eigenvalue weighted by atomic mass is 10.3. The van der Waals surface area contributed by atoms with E-state index in [1.54, 1.807) is 5.38 Å². The molecule has 1 heterocycles. The summed E-state index contributed by atoms with van der Waals surface area (Å²) in [6, 6.07) is 0. The van der Waals surface area contributed by atoms with Gasteiger partial charge < -0.3 is 0 Å². The minimum absolute atomic E-state index is 0.305. The van der Waals surface area contributed by atoms with E-state index in [2.05, 4.69) is 0 Å². The normalized spacial score (nSPS) is 10.1. The van der Waals surface area contributed by atoms with Crippen LogP contribution < -0.4 is 0 Å². The van der Waals surface area contributed by atoms with Gasteiger partial charge in [-0.05, 0) is 22.5 Å². The number of carbonyl (C=O) groups excluding carboxylic acids is 1. The highest BCUT2D eigenvalue weighted by Crippen LogP contribution is 2.30. The Kier molecular flexibility index (Phi) is 3.19. The number of carbonyl (C=O) groups is 1. The molecule has 0 unspecified atom stereocenters. The predicted molar refractivity (Wildman–Crippen MR) is 49.1 cm³/mol. The highest BCUT2D eigenvalue weighted by molar-refractivity contribution is 7.14. The van der Waals surface area contributed by atoms with Gasteiger partial charge in [-0.15, -0.1) is 22.9 Å². The molecule has 0 saturated heterocycles. The Hall–Kier alpha value is 0.240. The van der Waals surface area contributed by atoms with Gasteiger partial charge in [-0.25, -0.2) is 0 Å². The van der Waals surface area contributed by atoms with Crippen LogP contribution in [0.15, 0.2) is 5.38 Å². The van der Waals surface area contributed by atoms with Gasteiger partial charge in [0.2, 0.25) is 0 Å². The van der Waals surface area contributed by atoms with Crippen molar-refractivity contribution in [3.63, 3.8) is 0 Å². The minimum atomic E-state index is -0.531. The van der Waals surface area contributed by atoms with Gasteiger partial charge in [0, 0.05) is 5.88 Å². The van der Waals surface area contributed by atoms with Crippen LogP contribution in [0.5, 0.6) is 0 Å². The molecule has 0 atom stereocenters. The van der Waals surface area contributed by atoms with Crippen LogP contribution in [-0.2, 0) is 5.88 Å². The molecule has 1 nitrogen and oxygen atoms in total. The molecule has 0 radical (unpaired) electrons. The second-order valence-corrected chi connectivity index (χ2v) is 3.68. The van der Waals surface area contributed by atoms with E-state index in [0.29, 0.717) is 15.8 Å². The summed E-state index contributed by atoms with van der Waals surface area (Å²) in [5.41, 5.74) is 0.752. The largest absolute Gasteiger partial charge is 0.275 e. The van der Waals surface area contributed by atoms with Crippen LogP contribution >= 0.6 is 46.1 Å². The van der Waals surface area contributed by atoms with E-state index >= 15 is 0 Å². The lowest BCUT2D eigenvalue weighted by molar-refractivity contribution is 0.108. The Morgan fingerprint density at radius 3 is 2.55 bits per heavy atom. The van der Waals surface area contributed by atoms with Crippen LogP contribution in [0.3, 0.4) is 0 Å². The summed E-state index contributed by atoms with van der Waals surface area (Å²) in [7, 11) is 0. The van der Waals surface area contributed by atoms with Gasteiger partial charge in [-0.3, -0.25) is 4.79 Å². The van der Waals surface area contributed by atoms with Crippen molar-refractivity contribution in [1.29, 1.82) is 0 Å². The Morgan fingerprint density at radius 2 is 2.27 bits per heavy atom. The van der Waals surface area contributed by atoms with E-state index in [-0.39, 0.29) is 0 Å². The van der Waals surface area contributed by atoms with Crippen molar-refractivity contribution in [2.75, 3.05) is 0 Å². The molecule has 0 bridgehead atoms. The van der Waals surface area contributed by atoms with Gasteiger partial charge >= 0.3 is 0 Å². The molecule has 60 valence electrons. The van der Waals surface area contributed by atoms with Crippen molar-refractivity contribution in [3.05, 3.63) is 20.8 Å². The lowest BCUT2D eigenvalue weighted by Gasteiger charge is -1.89. The molecular weight excluding hydrogens is 226 g/mol. The van der Waals surface area contributed by atoms with Crippen molar-refractivity contribution < 1.29 is 4.79 Å². The quantitative estimate of drug-likeness (QED) is 0.560. The summed E-state index contributed by atoms with van der Waals surface area (Å²) in [4.78, 5) is 11.0. The second-order valence-electron chi connectivity index (χ2n) is 1.81. The Labute approximate surface area is 82.9 Å². The Bertz CT molecular complexity index is 281. The SMILES string of the molecule is O=C(Cl)c1scc(CCl)c1Cl. The molecule has 0 aliphatic rings. The van der Waals surface area contributed by atoms with Crippen LogP contribution in [-0.4, -0.2) is 5.24 Å². The molecule has 5 heteroatoms. The van der Waals surface area contributed by atoms with Crippen molar-refractivity contribution in [2.45, 2.75) is 5.88 Å². The van der Waals surface area contributed by atoms with Gasteiger partial charge in [0.15, 0.2) is 0 Å². The highest BCUT2D eigenvalue weighted by atomic mass is 35.5. The van der Waals surface area contributed by atoms with Crippen molar-refractivity contribution in [3.8, 4) is 0 Å². The van der Waals surface area contributed by atoms with Gasteiger partial charge in [-0.1, -0.05) is 11.6 Å². The maximum atomic E-state index is 10.6. The van der Waals surface area contributed by atoms with Crippen LogP contribution in [0.2, 0.25) is 5.02 Å². The van der Waals surface area contributed by atoms with Crippen LogP contribution in [0, 0.1) is 0 Å². The molecule has 11 heavy (non-hydrogen) atoms. The van der Waals surface area contributed by atoms with Gasteiger partial charge in [0.25, 0.3) is 5.24 Å². The van der Waals surface area contributed by atoms with Crippen LogP contribution in [0.1, 0.15) is 15.2 Å². The fourth-order valence-electron chi connectivity index (χ4n) is 0.602. The smallest absolute Gasteiger partial charge is 0.263 e. The van der Waals surface area contributed by atoms with E-state index in [4.69, 9.17) is 34.8 Å². The van der Waals surface area contributed by atoms with E-state index in [9.17, 15) is 4.79 Å². The zero-order valence-electron chi connectivity index (χ0n) is 5.23. The van der Waals surface area contributed by atoms with E-state index in [0.717, 1.165) is 5.56 Å². The Morgan fingerprint density at radius 1 is 1.64 bits per heavy atom. The first kappa shape index (κ1) is 9.33. The molecule has 0 aromatic carbocycles. The fraction of sp³-hybridized carbons (Fsp3) is 0.167. The molecule has 0 aliphatic carbocycles. The number of hydrogen-bond acceptors (Lipinski definition) is 2. The molecule has 1 rings (SSSR count). The van der Waals surface area contributed by atoms with Gasteiger partial charge in [0.1, 0.15) is 4.88 Å². The third kappa shape index (κ3) is 1.88. The average Bonchev–Trinajstić information content (AvgIpc) is 2.30. The first-order valence-electron chi connectivity index (χ1n) is 2.68. The molecule has 0 N–H and O–H groups in total.